The number of rotatable bonds is 4. The van der Waals surface area contributed by atoms with Crippen LogP contribution in [0.4, 0.5) is 5.69 Å². The van der Waals surface area contributed by atoms with Crippen LogP contribution in [0.2, 0.25) is 0 Å². The molecule has 140 valence electrons. The second kappa shape index (κ2) is 7.00. The summed E-state index contributed by atoms with van der Waals surface area (Å²) in [6.07, 6.45) is 3.52. The first-order chi connectivity index (χ1) is 12.0. The summed E-state index contributed by atoms with van der Waals surface area (Å²) in [5, 5.41) is 4.04. The van der Waals surface area contributed by atoms with E-state index in [2.05, 4.69) is 36.1 Å². The van der Waals surface area contributed by atoms with Crippen LogP contribution in [0, 0.1) is 0 Å². The van der Waals surface area contributed by atoms with Crippen LogP contribution in [-0.4, -0.2) is 22.6 Å². The van der Waals surface area contributed by atoms with E-state index in [1.807, 2.05) is 12.1 Å². The fraction of sp³-hybridized carbons (Fsp3) is 0.526. The lowest BCUT2D eigenvalue weighted by atomic mass is 9.77. The minimum absolute atomic E-state index is 0. The van der Waals surface area contributed by atoms with Crippen molar-refractivity contribution in [2.75, 3.05) is 11.4 Å². The SMILES string of the molecule is CC(C)c1ccc(N2CCC(c3nc(C4(N)CCC4)no3)C2=O)cc1.Cl. The number of anilines is 1. The number of nitrogens with zero attached hydrogens (tertiary/aromatic N) is 3. The number of carbonyl (C=O) groups is 1. The standard InChI is InChI=1S/C19H24N4O2.ClH/c1-12(2)13-4-6-14(7-5-13)23-11-8-15(17(23)24)16-21-18(22-25-16)19(20)9-3-10-19;/h4-7,12,15H,3,8-11,20H2,1-2H3;1H. The normalized spacial score (nSPS) is 21.6. The summed E-state index contributed by atoms with van der Waals surface area (Å²) < 4.78 is 5.39. The molecule has 1 aliphatic heterocycles. The van der Waals surface area contributed by atoms with Gasteiger partial charge in [0.25, 0.3) is 0 Å². The first-order valence-corrected chi connectivity index (χ1v) is 9.02. The predicted octanol–water partition coefficient (Wildman–Crippen LogP) is 3.47. The second-order valence-electron chi connectivity index (χ2n) is 7.54. The van der Waals surface area contributed by atoms with Gasteiger partial charge in [-0.25, -0.2) is 0 Å². The van der Waals surface area contributed by atoms with Crippen LogP contribution in [0.1, 0.15) is 68.6 Å². The summed E-state index contributed by atoms with van der Waals surface area (Å²) in [5.41, 5.74) is 7.97. The predicted molar refractivity (Wildman–Crippen MR) is 102 cm³/mol. The Morgan fingerprint density at radius 2 is 1.96 bits per heavy atom. The lowest BCUT2D eigenvalue weighted by Crippen LogP contribution is -2.44. The van der Waals surface area contributed by atoms with Crippen LogP contribution in [-0.2, 0) is 10.3 Å². The highest BCUT2D eigenvalue weighted by atomic mass is 35.5. The van der Waals surface area contributed by atoms with E-state index in [0.717, 1.165) is 24.9 Å². The van der Waals surface area contributed by atoms with E-state index in [1.54, 1.807) is 4.90 Å². The lowest BCUT2D eigenvalue weighted by Gasteiger charge is -2.34. The van der Waals surface area contributed by atoms with E-state index in [-0.39, 0.29) is 24.2 Å². The number of carbonyl (C=O) groups excluding carboxylic acids is 1. The molecule has 1 saturated carbocycles. The molecular formula is C19H25ClN4O2. The molecule has 0 spiro atoms. The first-order valence-electron chi connectivity index (χ1n) is 9.02. The van der Waals surface area contributed by atoms with Gasteiger partial charge in [-0.05, 0) is 49.3 Å². The van der Waals surface area contributed by atoms with Crippen molar-refractivity contribution in [2.45, 2.75) is 56.9 Å². The Balaban J connectivity index is 0.00000196. The number of halogens is 1. The summed E-state index contributed by atoms with van der Waals surface area (Å²) in [6.45, 7) is 4.98. The Morgan fingerprint density at radius 3 is 2.54 bits per heavy atom. The molecule has 0 bridgehead atoms. The number of nitrogens with two attached hydrogens (primary N) is 1. The second-order valence-corrected chi connectivity index (χ2v) is 7.54. The van der Waals surface area contributed by atoms with Gasteiger partial charge in [-0.2, -0.15) is 4.98 Å². The van der Waals surface area contributed by atoms with Crippen molar-refractivity contribution in [3.8, 4) is 0 Å². The summed E-state index contributed by atoms with van der Waals surface area (Å²) in [6, 6.07) is 8.19. The Hall–Kier alpha value is -1.92. The van der Waals surface area contributed by atoms with Crippen molar-refractivity contribution in [1.29, 1.82) is 0 Å². The van der Waals surface area contributed by atoms with Gasteiger partial charge in [0.1, 0.15) is 5.92 Å². The zero-order chi connectivity index (χ0) is 17.6. The Morgan fingerprint density at radius 1 is 1.27 bits per heavy atom. The minimum atomic E-state index is -0.463. The molecule has 1 atom stereocenters. The highest BCUT2D eigenvalue weighted by molar-refractivity contribution is 5.99. The molecule has 1 aliphatic carbocycles. The molecule has 1 amide bonds. The highest BCUT2D eigenvalue weighted by Gasteiger charge is 2.42. The van der Waals surface area contributed by atoms with Gasteiger partial charge in [0.15, 0.2) is 5.82 Å². The van der Waals surface area contributed by atoms with Gasteiger partial charge in [0.2, 0.25) is 11.8 Å². The van der Waals surface area contributed by atoms with Crippen LogP contribution in [0.5, 0.6) is 0 Å². The van der Waals surface area contributed by atoms with Crippen LogP contribution < -0.4 is 10.6 Å². The maximum absolute atomic E-state index is 12.8. The van der Waals surface area contributed by atoms with Crippen molar-refractivity contribution < 1.29 is 9.32 Å². The number of hydrogen-bond donors (Lipinski definition) is 1. The molecule has 2 heterocycles. The molecule has 26 heavy (non-hydrogen) atoms. The Bertz CT molecular complexity index is 783. The monoisotopic (exact) mass is 376 g/mol. The highest BCUT2D eigenvalue weighted by Crippen LogP contribution is 2.38. The smallest absolute Gasteiger partial charge is 0.239 e. The average Bonchev–Trinajstić information content (AvgIpc) is 3.19. The van der Waals surface area contributed by atoms with Gasteiger partial charge in [-0.1, -0.05) is 31.1 Å². The maximum atomic E-state index is 12.8. The largest absolute Gasteiger partial charge is 0.338 e. The number of hydrogen-bond acceptors (Lipinski definition) is 5. The summed E-state index contributed by atoms with van der Waals surface area (Å²) in [4.78, 5) is 19.1. The Labute approximate surface area is 159 Å². The molecule has 2 aliphatic rings. The molecular weight excluding hydrogens is 352 g/mol. The minimum Gasteiger partial charge on any atom is -0.338 e. The van der Waals surface area contributed by atoms with Gasteiger partial charge in [-0.3, -0.25) is 4.79 Å². The van der Waals surface area contributed by atoms with Gasteiger partial charge >= 0.3 is 0 Å². The zero-order valence-electron chi connectivity index (χ0n) is 15.1. The van der Waals surface area contributed by atoms with Crippen LogP contribution in [0.25, 0.3) is 0 Å². The molecule has 1 aromatic carbocycles. The molecule has 0 radical (unpaired) electrons. The van der Waals surface area contributed by atoms with Crippen LogP contribution >= 0.6 is 12.4 Å². The number of benzene rings is 1. The van der Waals surface area contributed by atoms with E-state index in [0.29, 0.717) is 30.6 Å². The third kappa shape index (κ3) is 3.12. The summed E-state index contributed by atoms with van der Waals surface area (Å²) in [5.74, 6) is 1.07. The third-order valence-corrected chi connectivity index (χ3v) is 5.51. The fourth-order valence-electron chi connectivity index (χ4n) is 3.56. The van der Waals surface area contributed by atoms with E-state index in [1.165, 1.54) is 5.56 Å². The molecule has 7 heteroatoms. The maximum Gasteiger partial charge on any atom is 0.239 e. The summed E-state index contributed by atoms with van der Waals surface area (Å²) in [7, 11) is 0. The third-order valence-electron chi connectivity index (χ3n) is 5.51. The van der Waals surface area contributed by atoms with Crippen LogP contribution in [0.15, 0.2) is 28.8 Å². The van der Waals surface area contributed by atoms with Crippen molar-refractivity contribution in [1.82, 2.24) is 10.1 Å². The molecule has 2 aromatic rings. The number of aromatic nitrogens is 2. The van der Waals surface area contributed by atoms with Gasteiger partial charge in [0.05, 0.1) is 5.54 Å². The zero-order valence-corrected chi connectivity index (χ0v) is 16.0. The quantitative estimate of drug-likeness (QED) is 0.882. The molecule has 2 fully saturated rings. The molecule has 4 rings (SSSR count). The Kier molecular flexibility index (Phi) is 5.08. The first kappa shape index (κ1) is 18.9. The van der Waals surface area contributed by atoms with Crippen molar-refractivity contribution >= 4 is 24.0 Å². The summed E-state index contributed by atoms with van der Waals surface area (Å²) >= 11 is 0. The fourth-order valence-corrected chi connectivity index (χ4v) is 3.56. The van der Waals surface area contributed by atoms with Gasteiger partial charge < -0.3 is 15.2 Å². The molecule has 1 aromatic heterocycles. The van der Waals surface area contributed by atoms with Crippen molar-refractivity contribution in [3.05, 3.63) is 41.5 Å². The van der Waals surface area contributed by atoms with E-state index >= 15 is 0 Å². The van der Waals surface area contributed by atoms with E-state index in [4.69, 9.17) is 10.3 Å². The van der Waals surface area contributed by atoms with E-state index < -0.39 is 5.54 Å². The lowest BCUT2D eigenvalue weighted by molar-refractivity contribution is -0.118. The molecule has 2 N–H and O–H groups in total. The van der Waals surface area contributed by atoms with Gasteiger partial charge in [0, 0.05) is 12.2 Å². The van der Waals surface area contributed by atoms with E-state index in [9.17, 15) is 4.79 Å². The topological polar surface area (TPSA) is 85.2 Å². The average molecular weight is 377 g/mol. The molecule has 6 nitrogen and oxygen atoms in total. The van der Waals surface area contributed by atoms with Gasteiger partial charge in [-0.15, -0.1) is 12.4 Å². The molecule has 1 unspecified atom stereocenters. The molecule has 1 saturated heterocycles. The number of amides is 1. The van der Waals surface area contributed by atoms with Crippen molar-refractivity contribution in [3.63, 3.8) is 0 Å². The van der Waals surface area contributed by atoms with Crippen molar-refractivity contribution in [2.24, 2.45) is 5.73 Å². The van der Waals surface area contributed by atoms with Crippen LogP contribution in [0.3, 0.4) is 0 Å².